The quantitative estimate of drug-likeness (QED) is 0.440. The molecule has 0 heterocycles. The molecule has 8 heteroatoms. The van der Waals surface area contributed by atoms with Crippen LogP contribution in [-0.4, -0.2) is 43.6 Å². The molecule has 0 radical (unpaired) electrons. The fourth-order valence-electron chi connectivity index (χ4n) is 1.74. The molecule has 2 amide bonds. The summed E-state index contributed by atoms with van der Waals surface area (Å²) < 4.78 is 0. The molecular weight excluding hydrogens is 312 g/mol. The van der Waals surface area contributed by atoms with E-state index in [0.29, 0.717) is 29.0 Å². The number of hydrogen-bond donors (Lipinski definition) is 1. The van der Waals surface area contributed by atoms with Crippen molar-refractivity contribution in [2.75, 3.05) is 14.2 Å². The van der Waals surface area contributed by atoms with Crippen molar-refractivity contribution >= 4 is 29.5 Å². The van der Waals surface area contributed by atoms with Crippen LogP contribution in [0.5, 0.6) is 0 Å². The monoisotopic (exact) mass is 332 g/mol. The first kappa shape index (κ1) is 19.0. The van der Waals surface area contributed by atoms with Gasteiger partial charge in [-0.1, -0.05) is 34.6 Å². The normalized spacial score (nSPS) is 12.6. The Balaban J connectivity index is 3.01. The number of rotatable bonds is 8. The molecule has 0 aliphatic rings. The molecule has 0 aliphatic carbocycles. The van der Waals surface area contributed by atoms with E-state index in [1.807, 2.05) is 6.07 Å². The molecule has 0 fully saturated rings. The zero-order valence-corrected chi connectivity index (χ0v) is 14.1. The molecule has 0 saturated heterocycles. The number of carbonyl (C=O) groups is 2. The summed E-state index contributed by atoms with van der Waals surface area (Å²) in [6.07, 6.45) is 0.445. The number of likely N-dealkylation sites (N-methyl/N-ethyl adjacent to an activating group) is 1. The topological polar surface area (TPSA) is 102 Å². The molecule has 8 nitrogen and oxygen atoms in total. The van der Waals surface area contributed by atoms with Crippen LogP contribution in [0.1, 0.15) is 25.0 Å². The van der Waals surface area contributed by atoms with Gasteiger partial charge in [-0.3, -0.25) is 9.59 Å². The zero-order chi connectivity index (χ0) is 17.9. The molecule has 24 heavy (non-hydrogen) atoms. The van der Waals surface area contributed by atoms with Gasteiger partial charge in [0.1, 0.15) is 13.7 Å². The van der Waals surface area contributed by atoms with E-state index in [4.69, 9.17) is 9.68 Å². The number of benzene rings is 1. The maximum atomic E-state index is 12.0. The van der Waals surface area contributed by atoms with Gasteiger partial charge in [-0.15, -0.1) is 0 Å². The highest BCUT2D eigenvalue weighted by Gasteiger charge is 2.17. The SMILES string of the molecule is CNC(=O)/C(=N/OC)c1ccccc1CO/N=C(\C)C(C)=NC=O. The number of oxime groups is 2. The Kier molecular flexibility index (Phi) is 7.83. The predicted octanol–water partition coefficient (Wildman–Crippen LogP) is 1.29. The smallest absolute Gasteiger partial charge is 0.273 e. The first-order chi connectivity index (χ1) is 11.5. The first-order valence-electron chi connectivity index (χ1n) is 7.11. The number of nitrogens with one attached hydrogen (secondary N) is 1. The second-order valence-corrected chi connectivity index (χ2v) is 4.63. The Morgan fingerprint density at radius 1 is 1.21 bits per heavy atom. The van der Waals surface area contributed by atoms with E-state index in [-0.39, 0.29) is 18.2 Å². The minimum atomic E-state index is -0.377. The van der Waals surface area contributed by atoms with E-state index < -0.39 is 0 Å². The summed E-state index contributed by atoms with van der Waals surface area (Å²) in [6.45, 7) is 3.44. The second kappa shape index (κ2) is 9.88. The fourth-order valence-corrected chi connectivity index (χ4v) is 1.74. The molecular formula is C16H20N4O4. The lowest BCUT2D eigenvalue weighted by Gasteiger charge is -2.10. The summed E-state index contributed by atoms with van der Waals surface area (Å²) in [5.41, 5.74) is 2.36. The lowest BCUT2D eigenvalue weighted by Crippen LogP contribution is -2.29. The number of carbonyl (C=O) groups excluding carboxylic acids is 2. The molecule has 0 atom stereocenters. The van der Waals surface area contributed by atoms with Crippen molar-refractivity contribution in [3.05, 3.63) is 35.4 Å². The second-order valence-electron chi connectivity index (χ2n) is 4.63. The number of amides is 2. The van der Waals surface area contributed by atoms with Gasteiger partial charge in [-0.2, -0.15) is 0 Å². The average Bonchev–Trinajstić information content (AvgIpc) is 2.59. The maximum Gasteiger partial charge on any atom is 0.273 e. The van der Waals surface area contributed by atoms with Gasteiger partial charge in [0.15, 0.2) is 5.71 Å². The Morgan fingerprint density at radius 2 is 1.92 bits per heavy atom. The van der Waals surface area contributed by atoms with Crippen LogP contribution in [0.2, 0.25) is 0 Å². The molecule has 0 aliphatic heterocycles. The molecule has 1 aromatic carbocycles. The van der Waals surface area contributed by atoms with E-state index in [9.17, 15) is 9.59 Å². The Hall–Kier alpha value is -3.03. The van der Waals surface area contributed by atoms with Crippen LogP contribution in [0.4, 0.5) is 0 Å². The third kappa shape index (κ3) is 5.31. The van der Waals surface area contributed by atoms with Crippen molar-refractivity contribution in [2.24, 2.45) is 15.3 Å². The van der Waals surface area contributed by atoms with Crippen molar-refractivity contribution in [1.29, 1.82) is 0 Å². The molecule has 1 N–H and O–H groups in total. The van der Waals surface area contributed by atoms with Crippen LogP contribution >= 0.6 is 0 Å². The third-order valence-corrected chi connectivity index (χ3v) is 3.09. The summed E-state index contributed by atoms with van der Waals surface area (Å²) >= 11 is 0. The van der Waals surface area contributed by atoms with Crippen molar-refractivity contribution in [2.45, 2.75) is 20.5 Å². The van der Waals surface area contributed by atoms with E-state index >= 15 is 0 Å². The van der Waals surface area contributed by atoms with E-state index in [0.717, 1.165) is 0 Å². The van der Waals surface area contributed by atoms with Gasteiger partial charge in [0.25, 0.3) is 5.91 Å². The molecule has 0 unspecified atom stereocenters. The van der Waals surface area contributed by atoms with Crippen molar-refractivity contribution in [1.82, 2.24) is 5.32 Å². The van der Waals surface area contributed by atoms with Crippen LogP contribution in [-0.2, 0) is 25.9 Å². The van der Waals surface area contributed by atoms with Crippen LogP contribution in [0.15, 0.2) is 39.6 Å². The van der Waals surface area contributed by atoms with Crippen molar-refractivity contribution < 1.29 is 19.3 Å². The summed E-state index contributed by atoms with van der Waals surface area (Å²) in [5, 5.41) is 10.2. The van der Waals surface area contributed by atoms with Crippen LogP contribution in [0, 0.1) is 0 Å². The highest BCUT2D eigenvalue weighted by molar-refractivity contribution is 6.45. The molecule has 0 saturated carbocycles. The number of hydrogen-bond acceptors (Lipinski definition) is 6. The Bertz CT molecular complexity index is 680. The molecule has 0 bridgehead atoms. The standard InChI is InChI=1S/C16H20N4O4/c1-11(18-10-21)12(2)19-24-9-13-7-5-6-8-14(13)15(20-23-4)16(22)17-3/h5-8,10H,9H2,1-4H3,(H,17,22)/b18-11?,19-12+,20-15+. The average molecular weight is 332 g/mol. The molecule has 1 rings (SSSR count). The Morgan fingerprint density at radius 3 is 2.54 bits per heavy atom. The lowest BCUT2D eigenvalue weighted by molar-refractivity contribution is -0.114. The summed E-state index contributed by atoms with van der Waals surface area (Å²) in [7, 11) is 2.88. The molecule has 0 spiro atoms. The highest BCUT2D eigenvalue weighted by Crippen LogP contribution is 2.12. The minimum absolute atomic E-state index is 0.113. The van der Waals surface area contributed by atoms with Gasteiger partial charge < -0.3 is 15.0 Å². The summed E-state index contributed by atoms with van der Waals surface area (Å²) in [4.78, 5) is 35.9. The lowest BCUT2D eigenvalue weighted by atomic mass is 10.0. The molecule has 128 valence electrons. The van der Waals surface area contributed by atoms with Crippen LogP contribution in [0.3, 0.4) is 0 Å². The van der Waals surface area contributed by atoms with Gasteiger partial charge in [0.05, 0.1) is 11.4 Å². The van der Waals surface area contributed by atoms with E-state index in [1.165, 1.54) is 14.2 Å². The number of aliphatic imine (C=N–C) groups is 1. The van der Waals surface area contributed by atoms with E-state index in [2.05, 4.69) is 20.6 Å². The van der Waals surface area contributed by atoms with Crippen LogP contribution < -0.4 is 5.32 Å². The summed E-state index contributed by atoms with van der Waals surface area (Å²) in [5.74, 6) is -0.377. The van der Waals surface area contributed by atoms with E-state index in [1.54, 1.807) is 32.0 Å². The summed E-state index contributed by atoms with van der Waals surface area (Å²) in [6, 6.07) is 7.12. The van der Waals surface area contributed by atoms with Gasteiger partial charge in [-0.05, 0) is 13.8 Å². The minimum Gasteiger partial charge on any atom is -0.398 e. The highest BCUT2D eigenvalue weighted by atomic mass is 16.6. The van der Waals surface area contributed by atoms with Gasteiger partial charge >= 0.3 is 0 Å². The first-order valence-corrected chi connectivity index (χ1v) is 7.11. The number of nitrogens with zero attached hydrogens (tertiary/aromatic N) is 3. The maximum absolute atomic E-state index is 12.0. The van der Waals surface area contributed by atoms with Gasteiger partial charge in [-0.25, -0.2) is 4.99 Å². The molecule has 0 aromatic heterocycles. The largest absolute Gasteiger partial charge is 0.398 e. The van der Waals surface area contributed by atoms with Gasteiger partial charge in [0, 0.05) is 18.2 Å². The molecule has 1 aromatic rings. The predicted molar refractivity (Wildman–Crippen MR) is 91.1 cm³/mol. The van der Waals surface area contributed by atoms with Crippen molar-refractivity contribution in [3.63, 3.8) is 0 Å². The fraction of sp³-hybridized carbons (Fsp3) is 0.312. The zero-order valence-electron chi connectivity index (χ0n) is 14.1. The van der Waals surface area contributed by atoms with Crippen molar-refractivity contribution in [3.8, 4) is 0 Å². The van der Waals surface area contributed by atoms with Gasteiger partial charge in [0.2, 0.25) is 6.41 Å². The third-order valence-electron chi connectivity index (χ3n) is 3.09. The Labute approximate surface area is 140 Å². The van der Waals surface area contributed by atoms with Crippen LogP contribution in [0.25, 0.3) is 0 Å².